The fourth-order valence-corrected chi connectivity index (χ4v) is 2.56. The van der Waals surface area contributed by atoms with Gasteiger partial charge in [0, 0.05) is 12.7 Å². The van der Waals surface area contributed by atoms with Crippen molar-refractivity contribution in [3.05, 3.63) is 0 Å². The van der Waals surface area contributed by atoms with E-state index in [0.29, 0.717) is 0 Å². The van der Waals surface area contributed by atoms with E-state index >= 15 is 0 Å². The van der Waals surface area contributed by atoms with E-state index in [9.17, 15) is 0 Å². The van der Waals surface area contributed by atoms with Crippen LogP contribution < -0.4 is 0 Å². The summed E-state index contributed by atoms with van der Waals surface area (Å²) in [7, 11) is -1.64. The summed E-state index contributed by atoms with van der Waals surface area (Å²) >= 11 is 0. The molecule has 0 aliphatic carbocycles. The lowest BCUT2D eigenvalue weighted by molar-refractivity contribution is 0.136. The van der Waals surface area contributed by atoms with Gasteiger partial charge in [0.25, 0.3) is 0 Å². The van der Waals surface area contributed by atoms with E-state index in [1.165, 1.54) is 0 Å². The van der Waals surface area contributed by atoms with Gasteiger partial charge in [0.1, 0.15) is 0 Å². The molecule has 1 atom stereocenters. The van der Waals surface area contributed by atoms with Gasteiger partial charge in [-0.3, -0.25) is 0 Å². The van der Waals surface area contributed by atoms with Crippen LogP contribution in [0.5, 0.6) is 0 Å². The molecule has 0 aliphatic rings. The Hall–Kier alpha value is 0.137. The summed E-state index contributed by atoms with van der Waals surface area (Å²) in [4.78, 5) is 0. The minimum Gasteiger partial charge on any atom is -0.414 e. The second kappa shape index (κ2) is 5.28. The molecule has 0 amide bonds. The van der Waals surface area contributed by atoms with E-state index in [-0.39, 0.29) is 17.7 Å². The number of rotatable bonds is 5. The third-order valence-corrected chi connectivity index (χ3v) is 7.71. The Labute approximate surface area is 89.8 Å². The normalized spacial score (nSPS) is 15.6. The molecule has 2 nitrogen and oxygen atoms in total. The zero-order valence-electron chi connectivity index (χ0n) is 10.6. The lowest BCUT2D eigenvalue weighted by atomic mass is 10.2. The third kappa shape index (κ3) is 4.11. The summed E-state index contributed by atoms with van der Waals surface area (Å²) < 4.78 is 6.17. The first-order valence-electron chi connectivity index (χ1n) is 5.53. The Balaban J connectivity index is 4.32. The lowest BCUT2D eigenvalue weighted by Gasteiger charge is -2.39. The van der Waals surface area contributed by atoms with Crippen LogP contribution in [0, 0.1) is 0 Å². The molecule has 0 aliphatic heterocycles. The van der Waals surface area contributed by atoms with Crippen molar-refractivity contribution < 1.29 is 9.53 Å². The van der Waals surface area contributed by atoms with E-state index < -0.39 is 8.32 Å². The number of hydrogen-bond acceptors (Lipinski definition) is 2. The molecule has 0 saturated carbocycles. The maximum absolute atomic E-state index is 8.90. The van der Waals surface area contributed by atoms with Gasteiger partial charge >= 0.3 is 0 Å². The van der Waals surface area contributed by atoms with E-state index in [1.54, 1.807) is 0 Å². The predicted octanol–water partition coefficient (Wildman–Crippen LogP) is 3.17. The van der Waals surface area contributed by atoms with Gasteiger partial charge < -0.3 is 9.53 Å². The van der Waals surface area contributed by atoms with E-state index in [1.807, 2.05) is 0 Å². The summed E-state index contributed by atoms with van der Waals surface area (Å²) in [5.41, 5.74) is 0. The molecular formula is C11H26O2Si. The monoisotopic (exact) mass is 218 g/mol. The largest absolute Gasteiger partial charge is 0.414 e. The van der Waals surface area contributed by atoms with E-state index in [4.69, 9.17) is 9.53 Å². The topological polar surface area (TPSA) is 29.5 Å². The molecule has 0 saturated heterocycles. The van der Waals surface area contributed by atoms with Gasteiger partial charge in [-0.1, -0.05) is 27.7 Å². The second-order valence-electron chi connectivity index (χ2n) is 5.42. The molecule has 0 unspecified atom stereocenters. The van der Waals surface area contributed by atoms with Gasteiger partial charge in [0.05, 0.1) is 0 Å². The van der Waals surface area contributed by atoms with Gasteiger partial charge in [-0.15, -0.1) is 0 Å². The minimum atomic E-state index is -1.64. The molecule has 14 heavy (non-hydrogen) atoms. The Bertz CT molecular complexity index is 161. The van der Waals surface area contributed by atoms with Crippen LogP contribution in [0.4, 0.5) is 0 Å². The molecule has 86 valence electrons. The summed E-state index contributed by atoms with van der Waals surface area (Å²) in [6.45, 7) is 13.6. The van der Waals surface area contributed by atoms with Crippen LogP contribution in [0.2, 0.25) is 18.1 Å². The van der Waals surface area contributed by atoms with Crippen molar-refractivity contribution in [2.24, 2.45) is 0 Å². The van der Waals surface area contributed by atoms with E-state index in [2.05, 4.69) is 40.8 Å². The van der Waals surface area contributed by atoms with Crippen molar-refractivity contribution in [2.75, 3.05) is 6.61 Å². The Morgan fingerprint density at radius 1 is 1.29 bits per heavy atom. The molecule has 3 heteroatoms. The molecule has 0 aromatic rings. The van der Waals surface area contributed by atoms with Crippen LogP contribution in [-0.4, -0.2) is 26.1 Å². The first kappa shape index (κ1) is 14.1. The molecule has 0 rings (SSSR count). The SMILES string of the molecule is CC[C@H](CCO)O[Si](C)(C)C(C)(C)C. The fraction of sp³-hybridized carbons (Fsp3) is 1.00. The molecule has 0 aromatic carbocycles. The molecule has 0 fully saturated rings. The van der Waals surface area contributed by atoms with Crippen molar-refractivity contribution in [3.8, 4) is 0 Å². The minimum absolute atomic E-state index is 0.229. The average Bonchev–Trinajstić information content (AvgIpc) is 2.01. The molecule has 0 bridgehead atoms. The first-order chi connectivity index (χ1) is 6.24. The Morgan fingerprint density at radius 3 is 2.07 bits per heavy atom. The highest BCUT2D eigenvalue weighted by atomic mass is 28.4. The van der Waals surface area contributed by atoms with Gasteiger partial charge in [0.2, 0.25) is 0 Å². The van der Waals surface area contributed by atoms with Crippen LogP contribution in [0.3, 0.4) is 0 Å². The van der Waals surface area contributed by atoms with Crippen molar-refractivity contribution in [1.82, 2.24) is 0 Å². The Kier molecular flexibility index (Phi) is 5.34. The molecule has 0 spiro atoms. The number of hydrogen-bond donors (Lipinski definition) is 1. The van der Waals surface area contributed by atoms with Gasteiger partial charge in [0.15, 0.2) is 8.32 Å². The number of aliphatic hydroxyl groups excluding tert-OH is 1. The highest BCUT2D eigenvalue weighted by Gasteiger charge is 2.38. The standard InChI is InChI=1S/C11H26O2Si/c1-7-10(8-9-12)13-14(5,6)11(2,3)4/h10,12H,7-9H2,1-6H3/t10-/m1/s1. The molecular weight excluding hydrogens is 192 g/mol. The van der Waals surface area contributed by atoms with Crippen molar-refractivity contribution >= 4 is 8.32 Å². The maximum atomic E-state index is 8.90. The highest BCUT2D eigenvalue weighted by molar-refractivity contribution is 6.74. The van der Waals surface area contributed by atoms with Crippen molar-refractivity contribution in [1.29, 1.82) is 0 Å². The van der Waals surface area contributed by atoms with Gasteiger partial charge in [-0.05, 0) is 31.0 Å². The van der Waals surface area contributed by atoms with Crippen LogP contribution >= 0.6 is 0 Å². The summed E-state index contributed by atoms with van der Waals surface area (Å²) in [5.74, 6) is 0. The molecule has 0 aromatic heterocycles. The van der Waals surface area contributed by atoms with Gasteiger partial charge in [-0.25, -0.2) is 0 Å². The van der Waals surface area contributed by atoms with Gasteiger partial charge in [-0.2, -0.15) is 0 Å². The number of aliphatic hydroxyl groups is 1. The fourth-order valence-electron chi connectivity index (χ4n) is 1.08. The second-order valence-corrected chi connectivity index (χ2v) is 10.2. The van der Waals surface area contributed by atoms with Crippen LogP contribution in [0.25, 0.3) is 0 Å². The summed E-state index contributed by atoms with van der Waals surface area (Å²) in [5, 5.41) is 9.16. The zero-order chi connectivity index (χ0) is 11.4. The van der Waals surface area contributed by atoms with Crippen LogP contribution in [0.15, 0.2) is 0 Å². The highest BCUT2D eigenvalue weighted by Crippen LogP contribution is 2.37. The molecule has 1 N–H and O–H groups in total. The van der Waals surface area contributed by atoms with Crippen molar-refractivity contribution in [2.45, 2.75) is 64.8 Å². The molecule has 0 heterocycles. The summed E-state index contributed by atoms with van der Waals surface area (Å²) in [6.07, 6.45) is 2.00. The smallest absolute Gasteiger partial charge is 0.192 e. The molecule has 0 radical (unpaired) electrons. The quantitative estimate of drug-likeness (QED) is 0.718. The van der Waals surface area contributed by atoms with Crippen molar-refractivity contribution in [3.63, 3.8) is 0 Å². The lowest BCUT2D eigenvalue weighted by Crippen LogP contribution is -2.44. The van der Waals surface area contributed by atoms with Crippen LogP contribution in [0.1, 0.15) is 40.5 Å². The first-order valence-corrected chi connectivity index (χ1v) is 8.44. The maximum Gasteiger partial charge on any atom is 0.192 e. The summed E-state index contributed by atoms with van der Waals surface area (Å²) in [6, 6.07) is 0. The predicted molar refractivity (Wildman–Crippen MR) is 64.1 cm³/mol. The van der Waals surface area contributed by atoms with Crippen LogP contribution in [-0.2, 0) is 4.43 Å². The average molecular weight is 218 g/mol. The third-order valence-electron chi connectivity index (χ3n) is 3.17. The van der Waals surface area contributed by atoms with E-state index in [0.717, 1.165) is 12.8 Å². The zero-order valence-corrected chi connectivity index (χ0v) is 11.6. The Morgan fingerprint density at radius 2 is 1.79 bits per heavy atom.